The first-order valence-corrected chi connectivity index (χ1v) is 9.17. The molecule has 0 radical (unpaired) electrons. The zero-order valence-corrected chi connectivity index (χ0v) is 14.0. The van der Waals surface area contributed by atoms with Gasteiger partial charge in [0.15, 0.2) is 0 Å². The van der Waals surface area contributed by atoms with Crippen LogP contribution >= 0.6 is 11.3 Å². The zero-order chi connectivity index (χ0) is 15.1. The van der Waals surface area contributed by atoms with Crippen molar-refractivity contribution in [3.05, 3.63) is 51.5 Å². The van der Waals surface area contributed by atoms with E-state index < -0.39 is 0 Å². The topological polar surface area (TPSA) is 28.7 Å². The van der Waals surface area contributed by atoms with Crippen molar-refractivity contribution < 1.29 is 0 Å². The Bertz CT molecular complexity index is 799. The number of pyridine rings is 1. The van der Waals surface area contributed by atoms with Crippen molar-refractivity contribution in [1.29, 1.82) is 0 Å². The van der Waals surface area contributed by atoms with Crippen LogP contribution in [0.1, 0.15) is 60.1 Å². The molecule has 0 aliphatic heterocycles. The fraction of sp³-hybridized carbons (Fsp3) is 0.421. The predicted octanol–water partition coefficient (Wildman–Crippen LogP) is 5.41. The summed E-state index contributed by atoms with van der Waals surface area (Å²) in [7, 11) is 0. The number of nitrogens with one attached hydrogen (secondary N) is 1. The second-order valence-electron chi connectivity index (χ2n) is 6.47. The molecule has 0 saturated carbocycles. The second-order valence-corrected chi connectivity index (χ2v) is 7.38. The fourth-order valence-electron chi connectivity index (χ4n) is 3.97. The lowest BCUT2D eigenvalue weighted by Gasteiger charge is -2.16. The number of aromatic amines is 1. The van der Waals surface area contributed by atoms with E-state index in [1.807, 2.05) is 23.6 Å². The van der Waals surface area contributed by atoms with Gasteiger partial charge < -0.3 is 4.98 Å². The van der Waals surface area contributed by atoms with Gasteiger partial charge in [-0.25, -0.2) is 4.98 Å². The quantitative estimate of drug-likeness (QED) is 0.685. The number of hydrogen-bond acceptors (Lipinski definition) is 2. The molecule has 2 nitrogen and oxygen atoms in total. The monoisotopic (exact) mass is 310 g/mol. The molecule has 0 spiro atoms. The number of rotatable bonds is 4. The van der Waals surface area contributed by atoms with Crippen LogP contribution in [-0.4, -0.2) is 9.97 Å². The van der Waals surface area contributed by atoms with E-state index in [9.17, 15) is 0 Å². The third-order valence-corrected chi connectivity index (χ3v) is 6.40. The van der Waals surface area contributed by atoms with Gasteiger partial charge in [0, 0.05) is 22.7 Å². The summed E-state index contributed by atoms with van der Waals surface area (Å²) in [4.78, 5) is 9.40. The van der Waals surface area contributed by atoms with Crippen LogP contribution in [0.3, 0.4) is 0 Å². The highest BCUT2D eigenvalue weighted by Crippen LogP contribution is 2.45. The Kier molecular flexibility index (Phi) is 3.53. The highest BCUT2D eigenvalue weighted by atomic mass is 32.1. The average molecular weight is 310 g/mol. The molecule has 114 valence electrons. The van der Waals surface area contributed by atoms with Crippen molar-refractivity contribution in [3.63, 3.8) is 0 Å². The molecule has 4 rings (SSSR count). The summed E-state index contributed by atoms with van der Waals surface area (Å²) in [6.45, 7) is 4.64. The van der Waals surface area contributed by atoms with Crippen molar-refractivity contribution in [3.8, 4) is 0 Å². The van der Waals surface area contributed by atoms with Gasteiger partial charge in [0.1, 0.15) is 5.65 Å². The maximum Gasteiger partial charge on any atom is 0.137 e. The van der Waals surface area contributed by atoms with Crippen LogP contribution in [0.2, 0.25) is 0 Å². The van der Waals surface area contributed by atoms with E-state index in [-0.39, 0.29) is 0 Å². The number of aryl methyl sites for hydroxylation is 1. The van der Waals surface area contributed by atoms with Gasteiger partial charge in [-0.2, -0.15) is 0 Å². The largest absolute Gasteiger partial charge is 0.346 e. The molecular formula is C19H22N2S. The van der Waals surface area contributed by atoms with E-state index >= 15 is 0 Å². The Balaban J connectivity index is 1.58. The highest BCUT2D eigenvalue weighted by molar-refractivity contribution is 7.10. The van der Waals surface area contributed by atoms with E-state index in [2.05, 4.69) is 41.5 Å². The van der Waals surface area contributed by atoms with Crippen LogP contribution in [0.5, 0.6) is 0 Å². The van der Waals surface area contributed by atoms with Crippen LogP contribution < -0.4 is 0 Å². The van der Waals surface area contributed by atoms with Gasteiger partial charge in [0.25, 0.3) is 0 Å². The van der Waals surface area contributed by atoms with Gasteiger partial charge in [0.05, 0.1) is 0 Å². The third kappa shape index (κ3) is 2.19. The molecule has 2 unspecified atom stereocenters. The normalized spacial score (nSPS) is 18.7. The minimum atomic E-state index is 0.570. The Morgan fingerprint density at radius 1 is 1.45 bits per heavy atom. The van der Waals surface area contributed by atoms with Crippen molar-refractivity contribution in [2.24, 2.45) is 0 Å². The molecule has 2 atom stereocenters. The van der Waals surface area contributed by atoms with E-state index in [0.717, 1.165) is 11.6 Å². The molecule has 22 heavy (non-hydrogen) atoms. The molecule has 1 N–H and O–H groups in total. The van der Waals surface area contributed by atoms with Crippen molar-refractivity contribution in [2.45, 2.75) is 51.4 Å². The summed E-state index contributed by atoms with van der Waals surface area (Å²) in [5.41, 5.74) is 5.70. The Morgan fingerprint density at radius 3 is 3.23 bits per heavy atom. The summed E-state index contributed by atoms with van der Waals surface area (Å²) >= 11 is 1.99. The van der Waals surface area contributed by atoms with Crippen LogP contribution in [0.4, 0.5) is 0 Å². The van der Waals surface area contributed by atoms with Gasteiger partial charge in [-0.1, -0.05) is 13.8 Å². The van der Waals surface area contributed by atoms with Gasteiger partial charge >= 0.3 is 0 Å². The Morgan fingerprint density at radius 2 is 2.36 bits per heavy atom. The summed E-state index contributed by atoms with van der Waals surface area (Å²) in [5, 5.41) is 3.67. The van der Waals surface area contributed by atoms with Gasteiger partial charge in [-0.3, -0.25) is 0 Å². The van der Waals surface area contributed by atoms with Crippen LogP contribution in [0.15, 0.2) is 29.9 Å². The summed E-state index contributed by atoms with van der Waals surface area (Å²) < 4.78 is 0. The summed E-state index contributed by atoms with van der Waals surface area (Å²) in [6.07, 6.45) is 9.06. The van der Waals surface area contributed by atoms with Crippen molar-refractivity contribution >= 4 is 22.4 Å². The first kappa shape index (κ1) is 14.0. The number of H-pyrrole nitrogens is 1. The first-order valence-electron chi connectivity index (χ1n) is 8.29. The summed E-state index contributed by atoms with van der Waals surface area (Å²) in [5.74, 6) is 1.32. The Hall–Kier alpha value is -1.61. The van der Waals surface area contributed by atoms with Gasteiger partial charge in [-0.15, -0.1) is 11.3 Å². The van der Waals surface area contributed by atoms with Crippen LogP contribution in [0, 0.1) is 0 Å². The lowest BCUT2D eigenvalue weighted by atomic mass is 9.90. The van der Waals surface area contributed by atoms with E-state index in [1.165, 1.54) is 36.6 Å². The molecule has 0 saturated heterocycles. The minimum Gasteiger partial charge on any atom is -0.346 e. The van der Waals surface area contributed by atoms with E-state index in [0.29, 0.717) is 5.92 Å². The van der Waals surface area contributed by atoms with Crippen LogP contribution in [-0.2, 0) is 12.8 Å². The number of thiophene rings is 1. The summed E-state index contributed by atoms with van der Waals surface area (Å²) in [6, 6.07) is 4.22. The molecule has 3 heteroatoms. The van der Waals surface area contributed by atoms with Crippen molar-refractivity contribution in [1.82, 2.24) is 9.97 Å². The smallest absolute Gasteiger partial charge is 0.137 e. The first-order chi connectivity index (χ1) is 10.8. The molecule has 0 aromatic carbocycles. The molecule has 0 bridgehead atoms. The van der Waals surface area contributed by atoms with E-state index in [1.54, 1.807) is 16.0 Å². The van der Waals surface area contributed by atoms with E-state index in [4.69, 9.17) is 0 Å². The molecule has 3 aromatic rings. The third-order valence-electron chi connectivity index (χ3n) is 5.16. The average Bonchev–Trinajstić information content (AvgIpc) is 3.22. The molecule has 3 heterocycles. The lowest BCUT2D eigenvalue weighted by Crippen LogP contribution is -2.00. The molecule has 0 fully saturated rings. The van der Waals surface area contributed by atoms with Crippen molar-refractivity contribution in [2.75, 3.05) is 0 Å². The molecule has 1 aliphatic rings. The maximum atomic E-state index is 4.41. The fourth-order valence-corrected chi connectivity index (χ4v) is 5.33. The molecular weight excluding hydrogens is 288 g/mol. The lowest BCUT2D eigenvalue weighted by molar-refractivity contribution is 0.561. The van der Waals surface area contributed by atoms with Crippen LogP contribution in [0.25, 0.3) is 11.0 Å². The number of hydrogen-bond donors (Lipinski definition) is 1. The zero-order valence-electron chi connectivity index (χ0n) is 13.2. The number of fused-ring (bicyclic) bond motifs is 2. The van der Waals surface area contributed by atoms with Gasteiger partial charge in [-0.05, 0) is 71.7 Å². The minimum absolute atomic E-state index is 0.570. The maximum absolute atomic E-state index is 4.41. The molecule has 1 aliphatic carbocycles. The molecule has 3 aromatic heterocycles. The SMILES string of the molecule is CCc1csc2c1CCC2CC(C)c1c[nH]c2ncccc12. The van der Waals surface area contributed by atoms with Gasteiger partial charge in [0.2, 0.25) is 0 Å². The standard InChI is InChI=1S/C19H22N2S/c1-3-13-11-22-18-14(6-7-15(13)18)9-12(2)17-10-21-19-16(17)5-4-8-20-19/h4-5,8,10-12,14H,3,6-7,9H2,1-2H3,(H,20,21). The Labute approximate surface area is 135 Å². The number of aromatic nitrogens is 2. The predicted molar refractivity (Wildman–Crippen MR) is 93.9 cm³/mol. The highest BCUT2D eigenvalue weighted by Gasteiger charge is 2.28. The number of nitrogens with zero attached hydrogens (tertiary/aromatic N) is 1. The second kappa shape index (κ2) is 5.54. The molecule has 0 amide bonds.